The lowest BCUT2D eigenvalue weighted by Crippen LogP contribution is -2.44. The summed E-state index contributed by atoms with van der Waals surface area (Å²) in [5.41, 5.74) is 7.11. The van der Waals surface area contributed by atoms with Gasteiger partial charge in [0.1, 0.15) is 0 Å². The second-order valence-electron chi connectivity index (χ2n) is 9.13. The van der Waals surface area contributed by atoms with Crippen LogP contribution in [0.5, 0.6) is 0 Å². The maximum Gasteiger partial charge on any atom is 0.332 e. The molecule has 2 N–H and O–H groups in total. The number of nitrogens with two attached hydrogens (primary N) is 1. The zero-order valence-corrected chi connectivity index (χ0v) is 21.5. The van der Waals surface area contributed by atoms with Crippen LogP contribution >= 0.6 is 15.9 Å². The SMILES string of the molecule is Cn1c(=O)n(CC(=O)c2ccccc2)c(=O)c2c1nc(N1CCC[C@@H](N)C1)n2Cc1ccccc1Br. The second-order valence-corrected chi connectivity index (χ2v) is 9.99. The zero-order valence-electron chi connectivity index (χ0n) is 19.9. The van der Waals surface area contributed by atoms with Crippen LogP contribution in [-0.2, 0) is 20.1 Å². The van der Waals surface area contributed by atoms with Gasteiger partial charge in [-0.25, -0.2) is 4.79 Å². The van der Waals surface area contributed by atoms with Crippen molar-refractivity contribution < 1.29 is 4.79 Å². The number of ketones is 1. The average molecular weight is 551 g/mol. The molecule has 10 heteroatoms. The summed E-state index contributed by atoms with van der Waals surface area (Å²) < 4.78 is 5.09. The summed E-state index contributed by atoms with van der Waals surface area (Å²) in [5, 5.41) is 0. The molecule has 1 aliphatic heterocycles. The van der Waals surface area contributed by atoms with Crippen molar-refractivity contribution in [2.24, 2.45) is 12.8 Å². The summed E-state index contributed by atoms with van der Waals surface area (Å²) in [6.07, 6.45) is 1.84. The monoisotopic (exact) mass is 550 g/mol. The van der Waals surface area contributed by atoms with Crippen LogP contribution in [0.25, 0.3) is 11.2 Å². The highest BCUT2D eigenvalue weighted by Gasteiger charge is 2.27. The third-order valence-corrected chi connectivity index (χ3v) is 7.41. The molecule has 1 fully saturated rings. The van der Waals surface area contributed by atoms with E-state index in [0.717, 1.165) is 34.0 Å². The Kier molecular flexibility index (Phi) is 6.63. The lowest BCUT2D eigenvalue weighted by Gasteiger charge is -2.32. The number of aromatic nitrogens is 4. The fraction of sp³-hybridized carbons (Fsp3) is 0.308. The lowest BCUT2D eigenvalue weighted by molar-refractivity contribution is 0.0969. The first kappa shape index (κ1) is 24.2. The number of imidazole rings is 1. The summed E-state index contributed by atoms with van der Waals surface area (Å²) in [7, 11) is 1.58. The van der Waals surface area contributed by atoms with E-state index >= 15 is 0 Å². The molecule has 3 heterocycles. The highest BCUT2D eigenvalue weighted by Crippen LogP contribution is 2.26. The van der Waals surface area contributed by atoms with Crippen LogP contribution in [0, 0.1) is 0 Å². The molecule has 0 spiro atoms. The number of fused-ring (bicyclic) bond motifs is 1. The molecule has 0 radical (unpaired) electrons. The van der Waals surface area contributed by atoms with Gasteiger partial charge in [-0.3, -0.25) is 23.3 Å². The van der Waals surface area contributed by atoms with Gasteiger partial charge in [0.15, 0.2) is 16.9 Å². The summed E-state index contributed by atoms with van der Waals surface area (Å²) in [5.74, 6) is 0.281. The fourth-order valence-electron chi connectivity index (χ4n) is 4.74. The summed E-state index contributed by atoms with van der Waals surface area (Å²) in [4.78, 5) is 46.8. The number of carbonyl (C=O) groups excluding carboxylic acids is 1. The molecule has 0 bridgehead atoms. The van der Waals surface area contributed by atoms with Gasteiger partial charge in [-0.2, -0.15) is 4.98 Å². The molecule has 4 aromatic rings. The minimum Gasteiger partial charge on any atom is -0.341 e. The van der Waals surface area contributed by atoms with E-state index in [1.165, 1.54) is 4.57 Å². The van der Waals surface area contributed by atoms with Gasteiger partial charge in [-0.1, -0.05) is 64.5 Å². The summed E-state index contributed by atoms with van der Waals surface area (Å²) >= 11 is 3.60. The molecular formula is C26H27BrN6O3. The van der Waals surface area contributed by atoms with Crippen molar-refractivity contribution in [1.82, 2.24) is 18.7 Å². The third-order valence-electron chi connectivity index (χ3n) is 6.64. The Bertz CT molecular complexity index is 1560. The molecule has 1 aliphatic rings. The van der Waals surface area contributed by atoms with Gasteiger partial charge in [-0.15, -0.1) is 0 Å². The molecule has 5 rings (SSSR count). The molecule has 1 saturated heterocycles. The number of hydrogen-bond donors (Lipinski definition) is 1. The summed E-state index contributed by atoms with van der Waals surface area (Å²) in [6, 6.07) is 16.4. The van der Waals surface area contributed by atoms with Gasteiger partial charge >= 0.3 is 5.69 Å². The number of rotatable bonds is 6. The molecule has 186 valence electrons. The van der Waals surface area contributed by atoms with Crippen molar-refractivity contribution in [3.63, 3.8) is 0 Å². The first-order chi connectivity index (χ1) is 17.3. The van der Waals surface area contributed by atoms with Gasteiger partial charge in [0, 0.05) is 36.2 Å². The van der Waals surface area contributed by atoms with Crippen LogP contribution in [0.2, 0.25) is 0 Å². The van der Waals surface area contributed by atoms with Crippen molar-refractivity contribution in [3.8, 4) is 0 Å². The molecule has 1 atom stereocenters. The van der Waals surface area contributed by atoms with Crippen LogP contribution < -0.4 is 21.9 Å². The van der Waals surface area contributed by atoms with Crippen LogP contribution in [0.1, 0.15) is 28.8 Å². The van der Waals surface area contributed by atoms with E-state index in [1.54, 1.807) is 31.3 Å². The Hall–Kier alpha value is -3.50. The Labute approximate surface area is 215 Å². The number of hydrogen-bond acceptors (Lipinski definition) is 6. The van der Waals surface area contributed by atoms with Crippen molar-refractivity contribution in [3.05, 3.63) is 91.0 Å². The maximum atomic E-state index is 13.8. The lowest BCUT2D eigenvalue weighted by atomic mass is 10.1. The third kappa shape index (κ3) is 4.42. The molecule has 36 heavy (non-hydrogen) atoms. The van der Waals surface area contributed by atoms with E-state index in [0.29, 0.717) is 24.6 Å². The number of aryl methyl sites for hydroxylation is 1. The largest absolute Gasteiger partial charge is 0.341 e. The van der Waals surface area contributed by atoms with Crippen molar-refractivity contribution >= 4 is 38.8 Å². The van der Waals surface area contributed by atoms with E-state index in [1.807, 2.05) is 34.9 Å². The number of benzene rings is 2. The smallest absolute Gasteiger partial charge is 0.332 e. The predicted octanol–water partition coefficient (Wildman–Crippen LogP) is 2.52. The molecule has 0 amide bonds. The van der Waals surface area contributed by atoms with Crippen LogP contribution in [0.4, 0.5) is 5.95 Å². The molecule has 0 aliphatic carbocycles. The minimum atomic E-state index is -0.579. The van der Waals surface area contributed by atoms with Gasteiger partial charge in [0.2, 0.25) is 5.95 Å². The summed E-state index contributed by atoms with van der Waals surface area (Å²) in [6.45, 7) is 1.37. The first-order valence-corrected chi connectivity index (χ1v) is 12.7. The zero-order chi connectivity index (χ0) is 25.4. The van der Waals surface area contributed by atoms with Crippen LogP contribution in [0.15, 0.2) is 68.7 Å². The topological polar surface area (TPSA) is 108 Å². The molecule has 0 saturated carbocycles. The molecule has 0 unspecified atom stereocenters. The second kappa shape index (κ2) is 9.87. The highest BCUT2D eigenvalue weighted by molar-refractivity contribution is 9.10. The number of anilines is 1. The maximum absolute atomic E-state index is 13.8. The molecule has 9 nitrogen and oxygen atoms in total. The number of Topliss-reactive ketones (excluding diaryl/α,β-unsaturated/α-hetero) is 1. The van der Waals surface area contributed by atoms with E-state index in [2.05, 4.69) is 20.8 Å². The highest BCUT2D eigenvalue weighted by atomic mass is 79.9. The van der Waals surface area contributed by atoms with E-state index in [9.17, 15) is 14.4 Å². The van der Waals surface area contributed by atoms with Gasteiger partial charge in [0.05, 0.1) is 13.1 Å². The van der Waals surface area contributed by atoms with E-state index in [4.69, 9.17) is 10.7 Å². The first-order valence-electron chi connectivity index (χ1n) is 11.9. The van der Waals surface area contributed by atoms with E-state index < -0.39 is 11.2 Å². The quantitative estimate of drug-likeness (QED) is 0.369. The number of piperidine rings is 1. The van der Waals surface area contributed by atoms with Crippen molar-refractivity contribution in [2.45, 2.75) is 32.0 Å². The number of halogens is 1. The van der Waals surface area contributed by atoms with Crippen LogP contribution in [0.3, 0.4) is 0 Å². The number of carbonyl (C=O) groups is 1. The Morgan fingerprint density at radius 3 is 2.53 bits per heavy atom. The number of nitrogens with zero attached hydrogens (tertiary/aromatic N) is 5. The van der Waals surface area contributed by atoms with Crippen molar-refractivity contribution in [1.29, 1.82) is 0 Å². The average Bonchev–Trinajstić information content (AvgIpc) is 3.26. The van der Waals surface area contributed by atoms with E-state index in [-0.39, 0.29) is 29.5 Å². The Morgan fingerprint density at radius 1 is 1.08 bits per heavy atom. The molecular weight excluding hydrogens is 524 g/mol. The molecule has 2 aromatic heterocycles. The molecule has 2 aromatic carbocycles. The predicted molar refractivity (Wildman–Crippen MR) is 143 cm³/mol. The standard InChI is InChI=1S/C26H27BrN6O3/c1-30-23-22(24(35)33(26(30)36)16-21(34)17-8-3-2-4-9-17)32(14-18-10-5-6-12-20(18)27)25(29-23)31-13-7-11-19(28)15-31/h2-6,8-10,12,19H,7,11,13-16,28H2,1H3/t19-/m1/s1. The fourth-order valence-corrected chi connectivity index (χ4v) is 5.15. The minimum absolute atomic E-state index is 0.000514. The van der Waals surface area contributed by atoms with Crippen LogP contribution in [-0.4, -0.2) is 43.6 Å². The van der Waals surface area contributed by atoms with Crippen molar-refractivity contribution in [2.75, 3.05) is 18.0 Å². The van der Waals surface area contributed by atoms with Gasteiger partial charge in [0.25, 0.3) is 5.56 Å². The Morgan fingerprint density at radius 2 is 1.81 bits per heavy atom. The normalized spacial score (nSPS) is 16.0. The van der Waals surface area contributed by atoms with Gasteiger partial charge < -0.3 is 10.6 Å². The Balaban J connectivity index is 1.70. The van der Waals surface area contributed by atoms with Gasteiger partial charge in [-0.05, 0) is 24.5 Å².